The molecule has 0 saturated heterocycles. The van der Waals surface area contributed by atoms with E-state index in [4.69, 9.17) is 5.73 Å². The van der Waals surface area contributed by atoms with Crippen LogP contribution in [0.4, 0.5) is 11.4 Å². The summed E-state index contributed by atoms with van der Waals surface area (Å²) in [6.07, 6.45) is 0.782. The molecule has 3 N–H and O–H groups in total. The first-order valence-electron chi connectivity index (χ1n) is 5.48. The van der Waals surface area contributed by atoms with Crippen LogP contribution in [-0.4, -0.2) is 27.8 Å². The zero-order valence-corrected chi connectivity index (χ0v) is 9.79. The monoisotopic (exact) mass is 251 g/mol. The second kappa shape index (κ2) is 4.96. The Morgan fingerprint density at radius 1 is 1.50 bits per heavy atom. The summed E-state index contributed by atoms with van der Waals surface area (Å²) < 4.78 is 4.55. The van der Waals surface area contributed by atoms with Gasteiger partial charge in [0.2, 0.25) is 5.52 Å². The van der Waals surface area contributed by atoms with Gasteiger partial charge in [-0.05, 0) is 29.7 Å². The van der Waals surface area contributed by atoms with Gasteiger partial charge in [-0.2, -0.15) is 0 Å². The lowest BCUT2D eigenvalue weighted by Gasteiger charge is -2.08. The van der Waals surface area contributed by atoms with Crippen molar-refractivity contribution in [2.24, 2.45) is 5.73 Å². The number of nitrogens with one attached hydrogen (secondary N) is 1. The van der Waals surface area contributed by atoms with Crippen molar-refractivity contribution in [3.8, 4) is 0 Å². The second-order valence-electron chi connectivity index (χ2n) is 4.04. The van der Waals surface area contributed by atoms with Gasteiger partial charge in [0, 0.05) is 18.7 Å². The number of rotatable bonds is 5. The van der Waals surface area contributed by atoms with Gasteiger partial charge in [-0.1, -0.05) is 0 Å². The van der Waals surface area contributed by atoms with E-state index in [1.54, 1.807) is 6.07 Å². The highest BCUT2D eigenvalue weighted by Gasteiger charge is 2.19. The third-order valence-electron chi connectivity index (χ3n) is 2.51. The molecule has 0 radical (unpaired) electrons. The van der Waals surface area contributed by atoms with E-state index < -0.39 is 4.92 Å². The summed E-state index contributed by atoms with van der Waals surface area (Å²) in [6.45, 7) is 2.56. The van der Waals surface area contributed by atoms with Crippen LogP contribution in [0.15, 0.2) is 16.8 Å². The smallest absolute Gasteiger partial charge is 0.300 e. The molecule has 1 aromatic carbocycles. The lowest BCUT2D eigenvalue weighted by Crippen LogP contribution is -2.19. The van der Waals surface area contributed by atoms with E-state index in [9.17, 15) is 10.1 Å². The number of anilines is 1. The van der Waals surface area contributed by atoms with Crippen molar-refractivity contribution in [2.75, 3.05) is 11.9 Å². The number of hydrogen-bond acceptors (Lipinski definition) is 7. The fourth-order valence-corrected chi connectivity index (χ4v) is 1.58. The van der Waals surface area contributed by atoms with Crippen LogP contribution in [0.5, 0.6) is 0 Å². The Kier molecular flexibility index (Phi) is 3.38. The van der Waals surface area contributed by atoms with E-state index in [1.165, 1.54) is 6.07 Å². The van der Waals surface area contributed by atoms with Crippen LogP contribution in [0.1, 0.15) is 13.3 Å². The minimum absolute atomic E-state index is 0.0847. The summed E-state index contributed by atoms with van der Waals surface area (Å²) in [5.74, 6) is 0. The minimum atomic E-state index is -0.516. The van der Waals surface area contributed by atoms with Crippen LogP contribution in [0.2, 0.25) is 0 Å². The molecule has 8 heteroatoms. The molecule has 96 valence electrons. The molecule has 1 atom stereocenters. The van der Waals surface area contributed by atoms with Gasteiger partial charge in [-0.15, -0.1) is 0 Å². The molecular weight excluding hydrogens is 238 g/mol. The number of aromatic nitrogens is 2. The molecule has 2 rings (SSSR count). The molecule has 0 aliphatic carbocycles. The third-order valence-corrected chi connectivity index (χ3v) is 2.51. The van der Waals surface area contributed by atoms with Crippen LogP contribution in [-0.2, 0) is 0 Å². The topological polar surface area (TPSA) is 120 Å². The quantitative estimate of drug-likeness (QED) is 0.606. The number of non-ortho nitro benzene ring substituents is 1. The first kappa shape index (κ1) is 12.2. The molecule has 1 unspecified atom stereocenters. The summed E-state index contributed by atoms with van der Waals surface area (Å²) in [6, 6.07) is 3.05. The van der Waals surface area contributed by atoms with E-state index in [0.29, 0.717) is 17.7 Å². The molecular formula is C10H13N5O3. The Morgan fingerprint density at radius 3 is 2.89 bits per heavy atom. The molecule has 0 amide bonds. The highest BCUT2D eigenvalue weighted by molar-refractivity contribution is 5.93. The Hall–Kier alpha value is -2.22. The third kappa shape index (κ3) is 2.38. The van der Waals surface area contributed by atoms with Crippen LogP contribution in [0, 0.1) is 10.1 Å². The standard InChI is InChI=1S/C10H13N5O3/c1-6(11)4-5-12-7-2-3-8(15(16)17)10-9(7)13-18-14-10/h2-3,6,12H,4-5,11H2,1H3. The zero-order chi connectivity index (χ0) is 13.1. The van der Waals surface area contributed by atoms with Crippen molar-refractivity contribution in [2.45, 2.75) is 19.4 Å². The minimum Gasteiger partial charge on any atom is -0.383 e. The normalized spacial score (nSPS) is 12.6. The lowest BCUT2D eigenvalue weighted by molar-refractivity contribution is -0.383. The Morgan fingerprint density at radius 2 is 2.22 bits per heavy atom. The molecule has 0 aliphatic heterocycles. The number of hydrogen-bond donors (Lipinski definition) is 2. The Labute approximate surface area is 102 Å². The van der Waals surface area contributed by atoms with Crippen molar-refractivity contribution >= 4 is 22.4 Å². The van der Waals surface area contributed by atoms with Crippen molar-refractivity contribution < 1.29 is 9.55 Å². The van der Waals surface area contributed by atoms with Gasteiger partial charge < -0.3 is 11.1 Å². The average molecular weight is 251 g/mol. The highest BCUT2D eigenvalue weighted by atomic mass is 16.6. The fraction of sp³-hybridized carbons (Fsp3) is 0.400. The van der Waals surface area contributed by atoms with Crippen LogP contribution in [0.3, 0.4) is 0 Å². The molecule has 0 bridgehead atoms. The van der Waals surface area contributed by atoms with Crippen molar-refractivity contribution in [1.82, 2.24) is 10.3 Å². The molecule has 0 saturated carbocycles. The van der Waals surface area contributed by atoms with Gasteiger partial charge in [0.25, 0.3) is 0 Å². The first-order chi connectivity index (χ1) is 8.59. The number of nitrogens with zero attached hydrogens (tertiary/aromatic N) is 3. The van der Waals surface area contributed by atoms with E-state index >= 15 is 0 Å². The van der Waals surface area contributed by atoms with Crippen LogP contribution in [0.25, 0.3) is 11.0 Å². The Balaban J connectivity index is 2.27. The van der Waals surface area contributed by atoms with Gasteiger partial charge in [-0.25, -0.2) is 4.63 Å². The molecule has 0 spiro atoms. The SMILES string of the molecule is CC(N)CCNc1ccc([N+](=O)[O-])c2nonc12. The van der Waals surface area contributed by atoms with Crippen molar-refractivity contribution in [3.05, 3.63) is 22.2 Å². The maximum Gasteiger partial charge on any atom is 0.300 e. The lowest BCUT2D eigenvalue weighted by atomic mass is 10.2. The average Bonchev–Trinajstić information content (AvgIpc) is 2.77. The molecule has 2 aromatic rings. The van der Waals surface area contributed by atoms with Gasteiger partial charge in [0.1, 0.15) is 0 Å². The van der Waals surface area contributed by atoms with Gasteiger partial charge in [0.15, 0.2) is 5.52 Å². The molecule has 8 nitrogen and oxygen atoms in total. The van der Waals surface area contributed by atoms with Gasteiger partial charge >= 0.3 is 5.69 Å². The summed E-state index contributed by atoms with van der Waals surface area (Å²) >= 11 is 0. The summed E-state index contributed by atoms with van der Waals surface area (Å²) in [5, 5.41) is 21.1. The number of nitrogens with two attached hydrogens (primary N) is 1. The van der Waals surface area contributed by atoms with Crippen LogP contribution < -0.4 is 11.1 Å². The van der Waals surface area contributed by atoms with Crippen molar-refractivity contribution in [1.29, 1.82) is 0 Å². The largest absolute Gasteiger partial charge is 0.383 e. The summed E-state index contributed by atoms with van der Waals surface area (Å²) in [5.41, 5.74) is 6.67. The Bertz CT molecular complexity index is 566. The van der Waals surface area contributed by atoms with E-state index in [1.807, 2.05) is 6.92 Å². The zero-order valence-electron chi connectivity index (χ0n) is 9.79. The van der Waals surface area contributed by atoms with Crippen LogP contribution >= 0.6 is 0 Å². The maximum atomic E-state index is 10.8. The number of benzene rings is 1. The summed E-state index contributed by atoms with van der Waals surface area (Å²) in [7, 11) is 0. The first-order valence-corrected chi connectivity index (χ1v) is 5.48. The number of nitro benzene ring substituents is 1. The number of nitro groups is 1. The molecule has 18 heavy (non-hydrogen) atoms. The predicted molar refractivity (Wildman–Crippen MR) is 65.2 cm³/mol. The maximum absolute atomic E-state index is 10.8. The van der Waals surface area contributed by atoms with E-state index in [0.717, 1.165) is 6.42 Å². The van der Waals surface area contributed by atoms with Crippen molar-refractivity contribution in [3.63, 3.8) is 0 Å². The second-order valence-corrected chi connectivity index (χ2v) is 4.04. The van der Waals surface area contributed by atoms with E-state index in [2.05, 4.69) is 20.3 Å². The van der Waals surface area contributed by atoms with Gasteiger partial charge in [0.05, 0.1) is 10.6 Å². The predicted octanol–water partition coefficient (Wildman–Crippen LogP) is 1.28. The highest BCUT2D eigenvalue weighted by Crippen LogP contribution is 2.28. The fourth-order valence-electron chi connectivity index (χ4n) is 1.58. The molecule has 1 heterocycles. The molecule has 0 aliphatic rings. The van der Waals surface area contributed by atoms with E-state index in [-0.39, 0.29) is 17.2 Å². The van der Waals surface area contributed by atoms with Gasteiger partial charge in [-0.3, -0.25) is 10.1 Å². The molecule has 1 aromatic heterocycles. The molecule has 0 fully saturated rings. The summed E-state index contributed by atoms with van der Waals surface area (Å²) in [4.78, 5) is 10.3. The number of fused-ring (bicyclic) bond motifs is 1.